The second-order valence-corrected chi connectivity index (χ2v) is 4.49. The van der Waals surface area contributed by atoms with Crippen LogP contribution in [0, 0.1) is 11.3 Å². The molecule has 1 heterocycles. The summed E-state index contributed by atoms with van der Waals surface area (Å²) in [4.78, 5) is 0. The Morgan fingerprint density at radius 2 is 2.29 bits per heavy atom. The predicted molar refractivity (Wildman–Crippen MR) is 57.0 cm³/mol. The highest BCUT2D eigenvalue weighted by Crippen LogP contribution is 2.37. The highest BCUT2D eigenvalue weighted by atomic mass is 32.2. The van der Waals surface area contributed by atoms with E-state index in [2.05, 4.69) is 6.07 Å². The first kappa shape index (κ1) is 9.57. The molecule has 1 aliphatic heterocycles. The normalized spacial score (nSPS) is 25.1. The van der Waals surface area contributed by atoms with Crippen LogP contribution in [0.5, 0.6) is 0 Å². The van der Waals surface area contributed by atoms with Crippen LogP contribution < -0.4 is 0 Å². The van der Waals surface area contributed by atoms with E-state index in [1.165, 1.54) is 5.56 Å². The van der Waals surface area contributed by atoms with Crippen LogP contribution >= 0.6 is 11.8 Å². The molecule has 1 unspecified atom stereocenters. The molecule has 0 bridgehead atoms. The molecule has 2 rings (SSSR count). The Morgan fingerprint density at radius 1 is 1.50 bits per heavy atom. The molecule has 0 saturated carbocycles. The van der Waals surface area contributed by atoms with Crippen molar-refractivity contribution < 1.29 is 5.11 Å². The lowest BCUT2D eigenvalue weighted by atomic mass is 9.82. The van der Waals surface area contributed by atoms with Gasteiger partial charge in [-0.2, -0.15) is 17.0 Å². The van der Waals surface area contributed by atoms with E-state index in [-0.39, 0.29) is 6.61 Å². The monoisotopic (exact) mass is 205 g/mol. The molecule has 14 heavy (non-hydrogen) atoms. The fourth-order valence-electron chi connectivity index (χ4n) is 1.78. The zero-order valence-corrected chi connectivity index (χ0v) is 8.55. The van der Waals surface area contributed by atoms with E-state index >= 15 is 0 Å². The first-order chi connectivity index (χ1) is 6.82. The van der Waals surface area contributed by atoms with Gasteiger partial charge in [-0.1, -0.05) is 24.3 Å². The third kappa shape index (κ3) is 1.31. The number of hydrogen-bond acceptors (Lipinski definition) is 3. The molecule has 1 aromatic rings. The van der Waals surface area contributed by atoms with Gasteiger partial charge in [0.2, 0.25) is 0 Å². The van der Waals surface area contributed by atoms with Gasteiger partial charge < -0.3 is 5.11 Å². The van der Waals surface area contributed by atoms with E-state index in [1.807, 2.05) is 24.3 Å². The molecule has 0 aromatic heterocycles. The Morgan fingerprint density at radius 3 is 3.00 bits per heavy atom. The molecule has 0 spiro atoms. The van der Waals surface area contributed by atoms with Gasteiger partial charge in [0.1, 0.15) is 5.41 Å². The number of nitriles is 1. The van der Waals surface area contributed by atoms with Crippen LogP contribution in [0.1, 0.15) is 11.1 Å². The number of benzene rings is 1. The van der Waals surface area contributed by atoms with E-state index in [0.717, 1.165) is 11.3 Å². The van der Waals surface area contributed by atoms with E-state index in [0.29, 0.717) is 5.75 Å². The van der Waals surface area contributed by atoms with Gasteiger partial charge in [0.25, 0.3) is 0 Å². The van der Waals surface area contributed by atoms with Crippen molar-refractivity contribution in [2.75, 3.05) is 12.4 Å². The summed E-state index contributed by atoms with van der Waals surface area (Å²) in [7, 11) is 0. The Hall–Kier alpha value is -0.980. The van der Waals surface area contributed by atoms with Gasteiger partial charge in [0, 0.05) is 11.5 Å². The minimum Gasteiger partial charge on any atom is -0.394 e. The molecule has 1 atom stereocenters. The predicted octanol–water partition coefficient (Wildman–Crippen LogP) is 1.69. The topological polar surface area (TPSA) is 44.0 Å². The molecule has 1 aromatic carbocycles. The lowest BCUT2D eigenvalue weighted by Gasteiger charge is -2.30. The van der Waals surface area contributed by atoms with Crippen LogP contribution in [0.15, 0.2) is 24.3 Å². The van der Waals surface area contributed by atoms with Crippen LogP contribution in [0.2, 0.25) is 0 Å². The van der Waals surface area contributed by atoms with Gasteiger partial charge in [0.15, 0.2) is 0 Å². The number of aliphatic hydroxyl groups is 1. The highest BCUT2D eigenvalue weighted by Gasteiger charge is 2.36. The zero-order chi connectivity index (χ0) is 10.0. The maximum atomic E-state index is 9.35. The summed E-state index contributed by atoms with van der Waals surface area (Å²) < 4.78 is 0. The van der Waals surface area contributed by atoms with Gasteiger partial charge in [-0.15, -0.1) is 0 Å². The summed E-state index contributed by atoms with van der Waals surface area (Å²) in [5, 5.41) is 18.5. The molecule has 1 aliphatic rings. The molecule has 72 valence electrons. The quantitative estimate of drug-likeness (QED) is 0.758. The second-order valence-electron chi connectivity index (χ2n) is 3.50. The maximum Gasteiger partial charge on any atom is 0.114 e. The van der Waals surface area contributed by atoms with Crippen LogP contribution in [-0.2, 0) is 11.2 Å². The Balaban J connectivity index is 2.55. The van der Waals surface area contributed by atoms with Crippen molar-refractivity contribution in [2.24, 2.45) is 0 Å². The number of rotatable bonds is 1. The molecule has 0 aliphatic carbocycles. The number of hydrogen-bond donors (Lipinski definition) is 1. The lowest BCUT2D eigenvalue weighted by Crippen LogP contribution is -2.35. The molecular formula is C11H11NOS. The third-order valence-corrected chi connectivity index (χ3v) is 3.83. The summed E-state index contributed by atoms with van der Waals surface area (Å²) >= 11 is 1.71. The van der Waals surface area contributed by atoms with Crippen molar-refractivity contribution in [1.82, 2.24) is 0 Å². The molecule has 3 heteroatoms. The van der Waals surface area contributed by atoms with E-state index in [9.17, 15) is 5.11 Å². The maximum absolute atomic E-state index is 9.35. The molecule has 0 fully saturated rings. The molecule has 0 saturated heterocycles. The largest absolute Gasteiger partial charge is 0.394 e. The van der Waals surface area contributed by atoms with Crippen LogP contribution in [-0.4, -0.2) is 17.5 Å². The van der Waals surface area contributed by atoms with Crippen molar-refractivity contribution in [3.8, 4) is 6.07 Å². The van der Waals surface area contributed by atoms with Gasteiger partial charge >= 0.3 is 0 Å². The van der Waals surface area contributed by atoms with Crippen molar-refractivity contribution in [3.05, 3.63) is 35.4 Å². The van der Waals surface area contributed by atoms with Crippen LogP contribution in [0.4, 0.5) is 0 Å². The number of thioether (sulfide) groups is 1. The molecule has 0 radical (unpaired) electrons. The average molecular weight is 205 g/mol. The van der Waals surface area contributed by atoms with Crippen molar-refractivity contribution >= 4 is 11.8 Å². The van der Waals surface area contributed by atoms with E-state index in [4.69, 9.17) is 5.26 Å². The van der Waals surface area contributed by atoms with Crippen LogP contribution in [0.25, 0.3) is 0 Å². The summed E-state index contributed by atoms with van der Waals surface area (Å²) in [6.07, 6.45) is 0. The number of aliphatic hydroxyl groups excluding tert-OH is 1. The lowest BCUT2D eigenvalue weighted by molar-refractivity contribution is 0.241. The minimum atomic E-state index is -0.681. The standard InChI is InChI=1S/C11H11NOS/c12-6-11(7-13)8-14-5-9-3-1-2-4-10(9)11/h1-4,13H,5,7-8H2. The van der Waals surface area contributed by atoms with Gasteiger partial charge in [0.05, 0.1) is 12.7 Å². The fourth-order valence-corrected chi connectivity index (χ4v) is 3.02. The zero-order valence-electron chi connectivity index (χ0n) is 7.73. The van der Waals surface area contributed by atoms with E-state index < -0.39 is 5.41 Å². The van der Waals surface area contributed by atoms with E-state index in [1.54, 1.807) is 11.8 Å². The Kier molecular flexibility index (Phi) is 2.49. The molecule has 2 nitrogen and oxygen atoms in total. The SMILES string of the molecule is N#CC1(CO)CSCc2ccccc21. The summed E-state index contributed by atoms with van der Waals surface area (Å²) in [5.41, 5.74) is 1.50. The van der Waals surface area contributed by atoms with Gasteiger partial charge in [-0.25, -0.2) is 0 Å². The van der Waals surface area contributed by atoms with Crippen molar-refractivity contribution in [1.29, 1.82) is 5.26 Å². The van der Waals surface area contributed by atoms with Gasteiger partial charge in [-0.3, -0.25) is 0 Å². The summed E-state index contributed by atoms with van der Waals surface area (Å²) in [6, 6.07) is 10.1. The third-order valence-electron chi connectivity index (χ3n) is 2.62. The summed E-state index contributed by atoms with van der Waals surface area (Å²) in [5.74, 6) is 1.64. The van der Waals surface area contributed by atoms with Crippen molar-refractivity contribution in [3.63, 3.8) is 0 Å². The Bertz CT molecular complexity index is 385. The average Bonchev–Trinajstić information content (AvgIpc) is 2.28. The minimum absolute atomic E-state index is 0.0898. The van der Waals surface area contributed by atoms with Crippen LogP contribution in [0.3, 0.4) is 0 Å². The summed E-state index contributed by atoms with van der Waals surface area (Å²) in [6.45, 7) is -0.0898. The first-order valence-electron chi connectivity index (χ1n) is 4.51. The fraction of sp³-hybridized carbons (Fsp3) is 0.364. The second kappa shape index (κ2) is 3.64. The molecular weight excluding hydrogens is 194 g/mol. The Labute approximate surface area is 87.6 Å². The molecule has 1 N–H and O–H groups in total. The number of nitrogens with zero attached hydrogens (tertiary/aromatic N) is 1. The van der Waals surface area contributed by atoms with Gasteiger partial charge in [-0.05, 0) is 11.1 Å². The van der Waals surface area contributed by atoms with Crippen molar-refractivity contribution in [2.45, 2.75) is 11.2 Å². The first-order valence-corrected chi connectivity index (χ1v) is 5.66. The smallest absolute Gasteiger partial charge is 0.114 e. The highest BCUT2D eigenvalue weighted by molar-refractivity contribution is 7.98. The molecule has 0 amide bonds. The number of fused-ring (bicyclic) bond motifs is 1.